The first-order valence-corrected chi connectivity index (χ1v) is 5.69. The number of fused-ring (bicyclic) bond motifs is 1. The summed E-state index contributed by atoms with van der Waals surface area (Å²) < 4.78 is 5.56. The topological polar surface area (TPSA) is 43.1 Å². The van der Waals surface area contributed by atoms with Crippen LogP contribution < -0.4 is 0 Å². The Morgan fingerprint density at radius 2 is 2.06 bits per heavy atom. The highest BCUT2D eigenvalue weighted by molar-refractivity contribution is 5.96. The largest absolute Gasteiger partial charge is 0.453 e. The van der Waals surface area contributed by atoms with Crippen molar-refractivity contribution in [3.05, 3.63) is 54.6 Å². The van der Waals surface area contributed by atoms with Crippen LogP contribution in [-0.2, 0) is 0 Å². The number of pyridine rings is 1. The molecule has 0 amide bonds. The predicted molar refractivity (Wildman–Crippen MR) is 69.4 cm³/mol. The number of Topliss-reactive ketones (excluding diaryl/α,β-unsaturated/α-hetero) is 1. The Bertz CT molecular complexity index is 723. The second kappa shape index (κ2) is 4.11. The lowest BCUT2D eigenvalue weighted by molar-refractivity contribution is 0.0988. The predicted octanol–water partition coefficient (Wildman–Crippen LogP) is 3.70. The summed E-state index contributed by atoms with van der Waals surface area (Å²) in [6.07, 6.45) is 3.57. The molecule has 0 aliphatic rings. The van der Waals surface area contributed by atoms with Crippen molar-refractivity contribution in [1.29, 1.82) is 0 Å². The van der Waals surface area contributed by atoms with E-state index in [1.165, 1.54) is 6.92 Å². The lowest BCUT2D eigenvalue weighted by Crippen LogP contribution is -1.86. The van der Waals surface area contributed by atoms with E-state index < -0.39 is 0 Å². The van der Waals surface area contributed by atoms with Crippen LogP contribution in [0.15, 0.2) is 53.2 Å². The summed E-state index contributed by atoms with van der Waals surface area (Å²) in [7, 11) is 0. The van der Waals surface area contributed by atoms with E-state index in [2.05, 4.69) is 4.98 Å². The minimum absolute atomic E-state index is 0.0698. The highest BCUT2D eigenvalue weighted by Gasteiger charge is 2.10. The summed E-state index contributed by atoms with van der Waals surface area (Å²) in [5, 5.41) is 2.12. The lowest BCUT2D eigenvalue weighted by Gasteiger charge is -2.02. The third-order valence-electron chi connectivity index (χ3n) is 2.90. The van der Waals surface area contributed by atoms with Crippen LogP contribution in [0.2, 0.25) is 0 Å². The van der Waals surface area contributed by atoms with Crippen molar-refractivity contribution < 1.29 is 9.21 Å². The van der Waals surface area contributed by atoms with Crippen molar-refractivity contribution in [2.24, 2.45) is 0 Å². The third-order valence-corrected chi connectivity index (χ3v) is 2.90. The molecule has 88 valence electrons. The molecule has 0 aliphatic carbocycles. The first-order chi connectivity index (χ1) is 8.75. The van der Waals surface area contributed by atoms with Crippen LogP contribution in [0, 0.1) is 0 Å². The minimum atomic E-state index is -0.0698. The molecule has 0 aliphatic heterocycles. The van der Waals surface area contributed by atoms with Crippen LogP contribution in [0.25, 0.3) is 22.1 Å². The van der Waals surface area contributed by atoms with Gasteiger partial charge in [-0.25, -0.2) is 0 Å². The molecule has 0 bridgehead atoms. The fraction of sp³-hybridized carbons (Fsp3) is 0.0667. The SMILES string of the molecule is CC(=O)c1ccc(-c2cccc3ccncc23)o1. The highest BCUT2D eigenvalue weighted by atomic mass is 16.3. The molecule has 0 spiro atoms. The van der Waals surface area contributed by atoms with Crippen LogP contribution in [-0.4, -0.2) is 10.8 Å². The number of ketones is 1. The monoisotopic (exact) mass is 237 g/mol. The van der Waals surface area contributed by atoms with Gasteiger partial charge in [-0.15, -0.1) is 0 Å². The molecule has 0 radical (unpaired) electrons. The maximum Gasteiger partial charge on any atom is 0.194 e. The Morgan fingerprint density at radius 1 is 1.17 bits per heavy atom. The van der Waals surface area contributed by atoms with Gasteiger partial charge in [-0.1, -0.05) is 18.2 Å². The molecule has 3 rings (SSSR count). The fourth-order valence-corrected chi connectivity index (χ4v) is 2.00. The van der Waals surface area contributed by atoms with E-state index >= 15 is 0 Å². The molecule has 0 saturated heterocycles. The molecule has 0 saturated carbocycles. The van der Waals surface area contributed by atoms with E-state index in [-0.39, 0.29) is 5.78 Å². The summed E-state index contributed by atoms with van der Waals surface area (Å²) in [5.74, 6) is 1.00. The minimum Gasteiger partial charge on any atom is -0.453 e. The molecule has 2 heterocycles. The number of carbonyl (C=O) groups excluding carboxylic acids is 1. The van der Waals surface area contributed by atoms with Gasteiger partial charge < -0.3 is 4.42 Å². The lowest BCUT2D eigenvalue weighted by atomic mass is 10.1. The van der Waals surface area contributed by atoms with Crippen LogP contribution in [0.3, 0.4) is 0 Å². The summed E-state index contributed by atoms with van der Waals surface area (Å²) in [6, 6.07) is 11.4. The van der Waals surface area contributed by atoms with Gasteiger partial charge in [0.15, 0.2) is 11.5 Å². The Labute approximate surface area is 104 Å². The van der Waals surface area contributed by atoms with E-state index in [1.54, 1.807) is 18.5 Å². The first-order valence-electron chi connectivity index (χ1n) is 5.69. The smallest absolute Gasteiger partial charge is 0.194 e. The maximum absolute atomic E-state index is 11.2. The van der Waals surface area contributed by atoms with Gasteiger partial charge in [-0.2, -0.15) is 0 Å². The molecule has 3 heteroatoms. The Hall–Kier alpha value is -2.42. The Morgan fingerprint density at radius 3 is 2.83 bits per heavy atom. The number of hydrogen-bond acceptors (Lipinski definition) is 3. The van der Waals surface area contributed by atoms with Crippen LogP contribution in [0.4, 0.5) is 0 Å². The molecular weight excluding hydrogens is 226 g/mol. The number of aromatic nitrogens is 1. The molecular formula is C15H11NO2. The number of furan rings is 1. The summed E-state index contributed by atoms with van der Waals surface area (Å²) in [4.78, 5) is 15.4. The van der Waals surface area contributed by atoms with Gasteiger partial charge in [0.05, 0.1) is 0 Å². The standard InChI is InChI=1S/C15H11NO2/c1-10(17)14-5-6-15(18-14)12-4-2-3-11-7-8-16-9-13(11)12/h2-9H,1H3. The number of nitrogens with zero attached hydrogens (tertiary/aromatic N) is 1. The van der Waals surface area contributed by atoms with Crippen LogP contribution >= 0.6 is 0 Å². The molecule has 0 N–H and O–H groups in total. The average molecular weight is 237 g/mol. The molecule has 3 aromatic rings. The molecule has 0 unspecified atom stereocenters. The van der Waals surface area contributed by atoms with E-state index in [1.807, 2.05) is 30.3 Å². The second-order valence-corrected chi connectivity index (χ2v) is 4.12. The Balaban J connectivity index is 2.21. The van der Waals surface area contributed by atoms with E-state index in [4.69, 9.17) is 4.42 Å². The van der Waals surface area contributed by atoms with Gasteiger partial charge in [0.1, 0.15) is 5.76 Å². The van der Waals surface area contributed by atoms with E-state index in [0.29, 0.717) is 11.5 Å². The summed E-state index contributed by atoms with van der Waals surface area (Å²) in [6.45, 7) is 1.49. The zero-order chi connectivity index (χ0) is 12.5. The fourth-order valence-electron chi connectivity index (χ4n) is 2.00. The van der Waals surface area contributed by atoms with Gasteiger partial charge >= 0.3 is 0 Å². The van der Waals surface area contributed by atoms with Gasteiger partial charge in [-0.3, -0.25) is 9.78 Å². The third kappa shape index (κ3) is 1.70. The van der Waals surface area contributed by atoms with Gasteiger partial charge in [0.2, 0.25) is 0 Å². The van der Waals surface area contributed by atoms with Crippen LogP contribution in [0.5, 0.6) is 0 Å². The molecule has 18 heavy (non-hydrogen) atoms. The van der Waals surface area contributed by atoms with Crippen molar-refractivity contribution in [2.45, 2.75) is 6.92 Å². The number of hydrogen-bond donors (Lipinski definition) is 0. The molecule has 3 nitrogen and oxygen atoms in total. The van der Waals surface area contributed by atoms with Gasteiger partial charge in [0, 0.05) is 30.3 Å². The molecule has 0 atom stereocenters. The number of benzene rings is 1. The molecule has 0 fully saturated rings. The average Bonchev–Trinajstić information content (AvgIpc) is 2.87. The van der Waals surface area contributed by atoms with Crippen molar-refractivity contribution in [3.63, 3.8) is 0 Å². The van der Waals surface area contributed by atoms with Crippen molar-refractivity contribution in [1.82, 2.24) is 4.98 Å². The highest BCUT2D eigenvalue weighted by Crippen LogP contribution is 2.29. The quantitative estimate of drug-likeness (QED) is 0.638. The molecule has 1 aromatic carbocycles. The summed E-state index contributed by atoms with van der Waals surface area (Å²) in [5.41, 5.74) is 0.952. The molecule has 2 aromatic heterocycles. The van der Waals surface area contributed by atoms with Gasteiger partial charge in [0.25, 0.3) is 0 Å². The van der Waals surface area contributed by atoms with E-state index in [9.17, 15) is 4.79 Å². The zero-order valence-electron chi connectivity index (χ0n) is 9.88. The summed E-state index contributed by atoms with van der Waals surface area (Å²) >= 11 is 0. The van der Waals surface area contributed by atoms with Crippen LogP contribution in [0.1, 0.15) is 17.5 Å². The number of rotatable bonds is 2. The number of carbonyl (C=O) groups is 1. The van der Waals surface area contributed by atoms with Gasteiger partial charge in [-0.05, 0) is 23.6 Å². The van der Waals surface area contributed by atoms with Crippen molar-refractivity contribution in [3.8, 4) is 11.3 Å². The first kappa shape index (κ1) is 10.7. The maximum atomic E-state index is 11.2. The normalized spacial score (nSPS) is 10.7. The second-order valence-electron chi connectivity index (χ2n) is 4.12. The van der Waals surface area contributed by atoms with Crippen molar-refractivity contribution in [2.75, 3.05) is 0 Å². The van der Waals surface area contributed by atoms with E-state index in [0.717, 1.165) is 16.3 Å². The Kier molecular flexibility index (Phi) is 2.45. The zero-order valence-corrected chi connectivity index (χ0v) is 9.88. The van der Waals surface area contributed by atoms with Crippen molar-refractivity contribution >= 4 is 16.6 Å².